The smallest absolute Gasteiger partial charge is 0.0623 e. The first-order valence-corrected chi connectivity index (χ1v) is 2.67. The van der Waals surface area contributed by atoms with Crippen LogP contribution >= 0.6 is 34.0 Å². The molecule has 0 saturated carbocycles. The van der Waals surface area contributed by atoms with Crippen LogP contribution in [0.15, 0.2) is 48.6 Å². The zero-order chi connectivity index (χ0) is 5.66. The molecule has 2 heteroatoms. The molecule has 0 aromatic carbocycles. The lowest BCUT2D eigenvalue weighted by Crippen LogP contribution is -1.55. The number of hydrogen-bond donors (Lipinski definition) is 0. The molecule has 1 aliphatic carbocycles. The summed E-state index contributed by atoms with van der Waals surface area (Å²) in [4.78, 5) is 0. The van der Waals surface area contributed by atoms with E-state index in [1.54, 1.807) is 0 Å². The molecule has 0 N–H and O–H groups in total. The standard InChI is InChI=1S/C8H8.2BrH/c1-2-4-6-8-7-5-3-1;;/h1-8H;2*1H. The van der Waals surface area contributed by atoms with Gasteiger partial charge in [-0.15, -0.1) is 34.0 Å². The molecule has 1 aliphatic rings. The second-order valence-electron chi connectivity index (χ2n) is 1.54. The molecule has 0 aromatic rings. The largest absolute Gasteiger partial charge is 0.114 e. The van der Waals surface area contributed by atoms with Gasteiger partial charge in [0, 0.05) is 0 Å². The van der Waals surface area contributed by atoms with E-state index >= 15 is 0 Å². The molecule has 0 unspecified atom stereocenters. The van der Waals surface area contributed by atoms with Gasteiger partial charge in [-0.2, -0.15) is 0 Å². The molecule has 0 saturated heterocycles. The Bertz CT molecular complexity index is 108. The molecule has 0 spiro atoms. The van der Waals surface area contributed by atoms with Gasteiger partial charge in [0.1, 0.15) is 0 Å². The lowest BCUT2D eigenvalue weighted by atomic mass is 10.3. The van der Waals surface area contributed by atoms with Crippen LogP contribution in [0, 0.1) is 0 Å². The molecular formula is C8H10Br2. The molecule has 0 radical (unpaired) electrons. The van der Waals surface area contributed by atoms with Crippen LogP contribution in [-0.2, 0) is 0 Å². The predicted molar refractivity (Wildman–Crippen MR) is 57.2 cm³/mol. The van der Waals surface area contributed by atoms with Crippen LogP contribution in [0.3, 0.4) is 0 Å². The highest BCUT2D eigenvalue weighted by atomic mass is 79.9. The third-order valence-corrected chi connectivity index (χ3v) is 0.889. The van der Waals surface area contributed by atoms with Crippen molar-refractivity contribution in [2.24, 2.45) is 0 Å². The fourth-order valence-electron chi connectivity index (χ4n) is 0.513. The highest BCUT2D eigenvalue weighted by molar-refractivity contribution is 8.93. The summed E-state index contributed by atoms with van der Waals surface area (Å²) in [5.74, 6) is 0. The van der Waals surface area contributed by atoms with Crippen LogP contribution < -0.4 is 0 Å². The summed E-state index contributed by atoms with van der Waals surface area (Å²) in [6.07, 6.45) is 16.0. The minimum atomic E-state index is 0. The van der Waals surface area contributed by atoms with Gasteiger partial charge >= 0.3 is 0 Å². The van der Waals surface area contributed by atoms with E-state index in [1.165, 1.54) is 0 Å². The van der Waals surface area contributed by atoms with E-state index in [4.69, 9.17) is 0 Å². The van der Waals surface area contributed by atoms with Crippen molar-refractivity contribution in [2.45, 2.75) is 0 Å². The normalized spacial score (nSPS) is 12.8. The second kappa shape index (κ2) is 8.92. The Morgan fingerprint density at radius 2 is 0.400 bits per heavy atom. The van der Waals surface area contributed by atoms with Crippen LogP contribution in [0.2, 0.25) is 0 Å². The Kier molecular flexibility index (Phi) is 11.2. The van der Waals surface area contributed by atoms with Gasteiger partial charge in [0.05, 0.1) is 0 Å². The van der Waals surface area contributed by atoms with Crippen molar-refractivity contribution in [3.63, 3.8) is 0 Å². The SMILES string of the molecule is Br.Br.C1=CC=CC=CC=C1. The molecule has 0 nitrogen and oxygen atoms in total. The topological polar surface area (TPSA) is 0 Å². The molecule has 0 aliphatic heterocycles. The quantitative estimate of drug-likeness (QED) is 0.630. The number of allylic oxidation sites excluding steroid dienone is 8. The van der Waals surface area contributed by atoms with Crippen LogP contribution in [0.4, 0.5) is 0 Å². The number of rotatable bonds is 0. The minimum Gasteiger partial charge on any atom is -0.114 e. The summed E-state index contributed by atoms with van der Waals surface area (Å²) in [5, 5.41) is 0. The van der Waals surface area contributed by atoms with Crippen molar-refractivity contribution in [1.82, 2.24) is 0 Å². The van der Waals surface area contributed by atoms with Crippen LogP contribution in [0.25, 0.3) is 0 Å². The molecule has 0 fully saturated rings. The summed E-state index contributed by atoms with van der Waals surface area (Å²) in [6.45, 7) is 0. The zero-order valence-corrected chi connectivity index (χ0v) is 8.86. The van der Waals surface area contributed by atoms with Crippen molar-refractivity contribution >= 4 is 34.0 Å². The monoisotopic (exact) mass is 264 g/mol. The molecule has 56 valence electrons. The van der Waals surface area contributed by atoms with Crippen LogP contribution in [-0.4, -0.2) is 0 Å². The van der Waals surface area contributed by atoms with Crippen molar-refractivity contribution < 1.29 is 0 Å². The third kappa shape index (κ3) is 6.05. The van der Waals surface area contributed by atoms with E-state index in [-0.39, 0.29) is 34.0 Å². The van der Waals surface area contributed by atoms with E-state index < -0.39 is 0 Å². The Hall–Kier alpha value is -0.0800. The summed E-state index contributed by atoms with van der Waals surface area (Å²) in [5.41, 5.74) is 0. The van der Waals surface area contributed by atoms with E-state index in [0.29, 0.717) is 0 Å². The van der Waals surface area contributed by atoms with E-state index in [1.807, 2.05) is 48.6 Å². The van der Waals surface area contributed by atoms with E-state index in [2.05, 4.69) is 0 Å². The molecule has 1 rings (SSSR count). The maximum absolute atomic E-state index is 2.00. The Balaban J connectivity index is 0. The maximum Gasteiger partial charge on any atom is -0.0623 e. The first-order valence-electron chi connectivity index (χ1n) is 2.67. The number of halogens is 2. The fourth-order valence-corrected chi connectivity index (χ4v) is 0.513. The summed E-state index contributed by atoms with van der Waals surface area (Å²) in [7, 11) is 0. The first-order chi connectivity index (χ1) is 4.00. The molecule has 0 aromatic heterocycles. The van der Waals surface area contributed by atoms with Crippen LogP contribution in [0.1, 0.15) is 0 Å². The van der Waals surface area contributed by atoms with Gasteiger partial charge < -0.3 is 0 Å². The van der Waals surface area contributed by atoms with Crippen molar-refractivity contribution in [3.8, 4) is 0 Å². The predicted octanol–water partition coefficient (Wildman–Crippen LogP) is 3.38. The third-order valence-electron chi connectivity index (χ3n) is 0.889. The highest BCUT2D eigenvalue weighted by Crippen LogP contribution is 1.87. The zero-order valence-electron chi connectivity index (χ0n) is 5.44. The van der Waals surface area contributed by atoms with Gasteiger partial charge in [-0.3, -0.25) is 0 Å². The highest BCUT2D eigenvalue weighted by Gasteiger charge is 1.65. The lowest BCUT2D eigenvalue weighted by Gasteiger charge is -1.77. The minimum absolute atomic E-state index is 0. The van der Waals surface area contributed by atoms with E-state index in [9.17, 15) is 0 Å². The summed E-state index contributed by atoms with van der Waals surface area (Å²) < 4.78 is 0. The van der Waals surface area contributed by atoms with Gasteiger partial charge in [0.15, 0.2) is 0 Å². The van der Waals surface area contributed by atoms with Crippen LogP contribution in [0.5, 0.6) is 0 Å². The Labute approximate surface area is 82.6 Å². The van der Waals surface area contributed by atoms with Crippen molar-refractivity contribution in [3.05, 3.63) is 48.6 Å². The van der Waals surface area contributed by atoms with Gasteiger partial charge in [-0.1, -0.05) is 48.6 Å². The fraction of sp³-hybridized carbons (Fsp3) is 0. The Morgan fingerprint density at radius 1 is 0.300 bits per heavy atom. The average Bonchev–Trinajstić information content (AvgIpc) is 1.62. The molecular weight excluding hydrogens is 256 g/mol. The molecule has 0 heterocycles. The lowest BCUT2D eigenvalue weighted by molar-refractivity contribution is 1.81. The molecule has 0 atom stereocenters. The Morgan fingerprint density at radius 3 is 0.500 bits per heavy atom. The van der Waals surface area contributed by atoms with Gasteiger partial charge in [-0.05, 0) is 0 Å². The van der Waals surface area contributed by atoms with Gasteiger partial charge in [0.25, 0.3) is 0 Å². The van der Waals surface area contributed by atoms with Gasteiger partial charge in [-0.25, -0.2) is 0 Å². The summed E-state index contributed by atoms with van der Waals surface area (Å²) in [6, 6.07) is 0. The summed E-state index contributed by atoms with van der Waals surface area (Å²) >= 11 is 0. The maximum atomic E-state index is 2.00. The van der Waals surface area contributed by atoms with Gasteiger partial charge in [0.2, 0.25) is 0 Å². The molecule has 10 heavy (non-hydrogen) atoms. The molecule has 0 bridgehead atoms. The van der Waals surface area contributed by atoms with Crippen molar-refractivity contribution in [2.75, 3.05) is 0 Å². The average molecular weight is 266 g/mol. The first kappa shape index (κ1) is 12.6. The molecule has 0 amide bonds. The van der Waals surface area contributed by atoms with E-state index in [0.717, 1.165) is 0 Å². The van der Waals surface area contributed by atoms with Crippen molar-refractivity contribution in [1.29, 1.82) is 0 Å². The number of hydrogen-bond acceptors (Lipinski definition) is 0. The second-order valence-corrected chi connectivity index (χ2v) is 1.54.